The summed E-state index contributed by atoms with van der Waals surface area (Å²) in [6.45, 7) is 3.16. The van der Waals surface area contributed by atoms with Gasteiger partial charge in [0.1, 0.15) is 23.7 Å². The van der Waals surface area contributed by atoms with Crippen molar-refractivity contribution in [2.75, 3.05) is 0 Å². The lowest BCUT2D eigenvalue weighted by Gasteiger charge is -2.31. The third kappa shape index (κ3) is 10.7. The fourth-order valence-electron chi connectivity index (χ4n) is 4.63. The van der Waals surface area contributed by atoms with Crippen LogP contribution in [0.4, 0.5) is 4.39 Å². The quantitative estimate of drug-likeness (QED) is 0.149. The van der Waals surface area contributed by atoms with Crippen molar-refractivity contribution in [3.8, 4) is 0 Å². The summed E-state index contributed by atoms with van der Waals surface area (Å²) >= 11 is 0. The predicted octanol–water partition coefficient (Wildman–Crippen LogP) is 1.66. The van der Waals surface area contributed by atoms with Crippen LogP contribution in [0.25, 0.3) is 11.0 Å². The summed E-state index contributed by atoms with van der Waals surface area (Å²) in [6.07, 6.45) is 0.0335. The topological polar surface area (TPSA) is 214 Å². The van der Waals surface area contributed by atoms with E-state index < -0.39 is 59.2 Å². The molecule has 2 aromatic carbocycles. The van der Waals surface area contributed by atoms with Crippen LogP contribution in [0.5, 0.6) is 0 Å². The Morgan fingerprint density at radius 1 is 1.05 bits per heavy atom. The van der Waals surface area contributed by atoms with Crippen LogP contribution in [0.3, 0.4) is 0 Å². The largest absolute Gasteiger partial charge is 0.459 e. The third-order valence-corrected chi connectivity index (χ3v) is 7.09. The second kappa shape index (κ2) is 15.3. The molecule has 4 unspecified atom stereocenters. The zero-order chi connectivity index (χ0) is 32.4. The van der Waals surface area contributed by atoms with E-state index >= 15 is 0 Å². The van der Waals surface area contributed by atoms with Gasteiger partial charge in [0, 0.05) is 12.3 Å². The second-order valence-electron chi connectivity index (χ2n) is 11.4. The van der Waals surface area contributed by atoms with Crippen molar-refractivity contribution >= 4 is 34.7 Å². The molecule has 3 amide bonds. The van der Waals surface area contributed by atoms with Crippen LogP contribution in [0.15, 0.2) is 54.7 Å². The Hall–Kier alpha value is -4.49. The zero-order valence-corrected chi connectivity index (χ0v) is 24.7. The number of fused-ring (bicyclic) bond motifs is 1. The molecule has 0 saturated carbocycles. The van der Waals surface area contributed by atoms with Gasteiger partial charge in [-0.05, 0) is 75.8 Å². The van der Waals surface area contributed by atoms with E-state index in [2.05, 4.69) is 15.3 Å². The summed E-state index contributed by atoms with van der Waals surface area (Å²) in [5.41, 5.74) is 17.3. The summed E-state index contributed by atoms with van der Waals surface area (Å²) in [5.74, 6) is -4.31. The SMILES string of the molecule is CC(C)(O)CCC(CC(OC(=O)C(N)CCC(N)=O)C(Cc1cccc(F)c1)NC(=O)c1cnc2ccccc2n1)C(N)=O. The first kappa shape index (κ1) is 34.0. The van der Waals surface area contributed by atoms with Crippen molar-refractivity contribution in [1.29, 1.82) is 0 Å². The molecule has 3 rings (SSSR count). The molecule has 236 valence electrons. The van der Waals surface area contributed by atoms with E-state index in [1.54, 1.807) is 44.2 Å². The van der Waals surface area contributed by atoms with E-state index in [9.17, 15) is 28.7 Å². The van der Waals surface area contributed by atoms with Gasteiger partial charge in [-0.15, -0.1) is 0 Å². The number of carbonyl (C=O) groups is 4. The number of nitrogens with one attached hydrogen (secondary N) is 1. The van der Waals surface area contributed by atoms with E-state index in [1.165, 1.54) is 24.4 Å². The molecule has 1 heterocycles. The van der Waals surface area contributed by atoms with Crippen LogP contribution in [-0.2, 0) is 25.5 Å². The number of hydrogen-bond acceptors (Lipinski definition) is 9. The predicted molar refractivity (Wildman–Crippen MR) is 160 cm³/mol. The molecule has 1 aromatic heterocycles. The van der Waals surface area contributed by atoms with E-state index in [0.717, 1.165) is 0 Å². The van der Waals surface area contributed by atoms with Crippen LogP contribution in [0.2, 0.25) is 0 Å². The molecule has 0 fully saturated rings. The first-order valence-electron chi connectivity index (χ1n) is 14.2. The summed E-state index contributed by atoms with van der Waals surface area (Å²) in [4.78, 5) is 59.0. The molecule has 4 atom stereocenters. The number of carbonyl (C=O) groups excluding carboxylic acids is 4. The first-order valence-corrected chi connectivity index (χ1v) is 14.2. The van der Waals surface area contributed by atoms with Crippen LogP contribution < -0.4 is 22.5 Å². The highest BCUT2D eigenvalue weighted by Gasteiger charge is 2.34. The van der Waals surface area contributed by atoms with Crippen molar-refractivity contribution in [3.05, 3.63) is 71.8 Å². The highest BCUT2D eigenvalue weighted by atomic mass is 19.1. The van der Waals surface area contributed by atoms with Gasteiger partial charge in [-0.25, -0.2) is 9.37 Å². The maximum absolute atomic E-state index is 14.2. The molecule has 0 radical (unpaired) electrons. The van der Waals surface area contributed by atoms with Crippen LogP contribution in [-0.4, -0.2) is 62.6 Å². The van der Waals surface area contributed by atoms with Gasteiger partial charge in [0.05, 0.1) is 28.9 Å². The van der Waals surface area contributed by atoms with Crippen LogP contribution in [0, 0.1) is 11.7 Å². The summed E-state index contributed by atoms with van der Waals surface area (Å²) in [6, 6.07) is 10.4. The standard InChI is InChI=1S/C31H39FN6O6/c1-31(2,43)13-12-19(28(35)40)16-26(44-30(42)21(33)10-11-27(34)39)24(15-18-6-5-7-20(32)14-18)38-29(41)25-17-36-22-8-3-4-9-23(22)37-25/h3-9,14,17,19,21,24,26,43H,10-13,15-16,33H2,1-2H3,(H2,34,39)(H2,35,40)(H,38,41). The van der Waals surface area contributed by atoms with E-state index in [-0.39, 0.29) is 44.2 Å². The number of para-hydroxylation sites is 2. The molecule has 0 saturated heterocycles. The average Bonchev–Trinajstić information content (AvgIpc) is 2.96. The lowest BCUT2D eigenvalue weighted by molar-refractivity contribution is -0.154. The van der Waals surface area contributed by atoms with Gasteiger partial charge in [-0.1, -0.05) is 24.3 Å². The monoisotopic (exact) mass is 610 g/mol. The van der Waals surface area contributed by atoms with E-state index in [0.29, 0.717) is 16.6 Å². The molecule has 13 heteroatoms. The summed E-state index contributed by atoms with van der Waals surface area (Å²) < 4.78 is 20.0. The third-order valence-electron chi connectivity index (χ3n) is 7.09. The molecule has 8 N–H and O–H groups in total. The Morgan fingerprint density at radius 2 is 1.75 bits per heavy atom. The highest BCUT2D eigenvalue weighted by molar-refractivity contribution is 5.94. The Labute approximate surface area is 254 Å². The molecule has 44 heavy (non-hydrogen) atoms. The van der Waals surface area contributed by atoms with Gasteiger partial charge in [0.25, 0.3) is 5.91 Å². The Bertz CT molecular complexity index is 1480. The highest BCUT2D eigenvalue weighted by Crippen LogP contribution is 2.24. The normalized spacial score (nSPS) is 14.3. The Balaban J connectivity index is 1.99. The Kier molecular flexibility index (Phi) is 11.8. The van der Waals surface area contributed by atoms with Gasteiger partial charge in [0.2, 0.25) is 11.8 Å². The zero-order valence-electron chi connectivity index (χ0n) is 24.7. The molecular weight excluding hydrogens is 571 g/mol. The smallest absolute Gasteiger partial charge is 0.323 e. The van der Waals surface area contributed by atoms with Crippen molar-refractivity contribution in [2.45, 2.75) is 76.2 Å². The molecule has 0 bridgehead atoms. The summed E-state index contributed by atoms with van der Waals surface area (Å²) in [5, 5.41) is 13.1. The minimum atomic E-state index is -1.23. The van der Waals surface area contributed by atoms with Crippen LogP contribution >= 0.6 is 0 Å². The number of amides is 3. The fourth-order valence-corrected chi connectivity index (χ4v) is 4.63. The first-order chi connectivity index (χ1) is 20.7. The van der Waals surface area contributed by atoms with Gasteiger partial charge in [0.15, 0.2) is 0 Å². The molecule has 0 spiro atoms. The second-order valence-corrected chi connectivity index (χ2v) is 11.4. The maximum atomic E-state index is 14.2. The number of aliphatic hydroxyl groups is 1. The number of nitrogens with zero attached hydrogens (tertiary/aromatic N) is 2. The lowest BCUT2D eigenvalue weighted by Crippen LogP contribution is -2.50. The number of hydrogen-bond donors (Lipinski definition) is 5. The van der Waals surface area contributed by atoms with Crippen molar-refractivity contribution in [2.24, 2.45) is 23.1 Å². The molecule has 0 aliphatic rings. The number of rotatable bonds is 16. The minimum Gasteiger partial charge on any atom is -0.459 e. The van der Waals surface area contributed by atoms with E-state index in [4.69, 9.17) is 21.9 Å². The van der Waals surface area contributed by atoms with Crippen molar-refractivity contribution < 1.29 is 33.4 Å². The van der Waals surface area contributed by atoms with Gasteiger partial charge in [-0.3, -0.25) is 24.2 Å². The van der Waals surface area contributed by atoms with Crippen LogP contribution in [0.1, 0.15) is 62.0 Å². The number of esters is 1. The number of halogens is 1. The number of ether oxygens (including phenoxy) is 1. The number of nitrogens with two attached hydrogens (primary N) is 3. The summed E-state index contributed by atoms with van der Waals surface area (Å²) in [7, 11) is 0. The lowest BCUT2D eigenvalue weighted by atomic mass is 9.87. The maximum Gasteiger partial charge on any atom is 0.323 e. The molecule has 12 nitrogen and oxygen atoms in total. The van der Waals surface area contributed by atoms with Gasteiger partial charge >= 0.3 is 5.97 Å². The van der Waals surface area contributed by atoms with Gasteiger partial charge < -0.3 is 32.4 Å². The van der Waals surface area contributed by atoms with Gasteiger partial charge in [-0.2, -0.15) is 0 Å². The Morgan fingerprint density at radius 3 is 2.39 bits per heavy atom. The fraction of sp³-hybridized carbons (Fsp3) is 0.419. The number of benzene rings is 2. The van der Waals surface area contributed by atoms with Crippen molar-refractivity contribution in [3.63, 3.8) is 0 Å². The molecule has 3 aromatic rings. The molecule has 0 aliphatic heterocycles. The minimum absolute atomic E-state index is 0.0179. The van der Waals surface area contributed by atoms with Crippen molar-refractivity contribution in [1.82, 2.24) is 15.3 Å². The average molecular weight is 611 g/mol. The van der Waals surface area contributed by atoms with E-state index in [1.807, 2.05) is 0 Å². The number of primary amides is 2. The molecular formula is C31H39FN6O6. The molecule has 0 aliphatic carbocycles. The number of aromatic nitrogens is 2.